The van der Waals surface area contributed by atoms with Crippen molar-refractivity contribution in [2.75, 3.05) is 13.1 Å². The largest absolute Gasteiger partial charge is 0.348 e. The van der Waals surface area contributed by atoms with Crippen molar-refractivity contribution in [3.63, 3.8) is 0 Å². The molecule has 2 rings (SSSR count). The molecule has 0 aliphatic carbocycles. The maximum absolute atomic E-state index is 12.2. The topological polar surface area (TPSA) is 86.8 Å². The molecule has 8 heteroatoms. The van der Waals surface area contributed by atoms with Crippen molar-refractivity contribution in [3.8, 4) is 0 Å². The number of hydrogen-bond donors (Lipinski definition) is 1. The first kappa shape index (κ1) is 19.1. The number of benzene rings is 1. The summed E-state index contributed by atoms with van der Waals surface area (Å²) in [6.45, 7) is 3.44. The number of amides is 5. The highest BCUT2D eigenvalue weighted by Gasteiger charge is 2.44. The molecule has 1 saturated heterocycles. The molecule has 1 N–H and O–H groups in total. The van der Waals surface area contributed by atoms with Crippen molar-refractivity contribution in [2.45, 2.75) is 32.7 Å². The van der Waals surface area contributed by atoms with Crippen molar-refractivity contribution in [3.05, 3.63) is 34.3 Å². The van der Waals surface area contributed by atoms with Crippen LogP contribution in [-0.4, -0.2) is 46.6 Å². The molecular formula is C17H20BrN3O4. The Hall–Kier alpha value is -2.22. The first-order chi connectivity index (χ1) is 11.8. The summed E-state index contributed by atoms with van der Waals surface area (Å²) in [6.07, 6.45) is 1.40. The molecule has 0 bridgehead atoms. The van der Waals surface area contributed by atoms with Gasteiger partial charge in [-0.3, -0.25) is 19.3 Å². The van der Waals surface area contributed by atoms with Crippen LogP contribution in [0.1, 0.15) is 38.3 Å². The second kappa shape index (κ2) is 8.24. The fourth-order valence-corrected chi connectivity index (χ4v) is 2.73. The average molecular weight is 410 g/mol. The molecule has 25 heavy (non-hydrogen) atoms. The van der Waals surface area contributed by atoms with Crippen LogP contribution in [-0.2, 0) is 14.4 Å². The predicted molar refractivity (Wildman–Crippen MR) is 94.4 cm³/mol. The molecule has 1 fully saturated rings. The van der Waals surface area contributed by atoms with Gasteiger partial charge in [0.15, 0.2) is 0 Å². The third kappa shape index (κ3) is 4.45. The van der Waals surface area contributed by atoms with Crippen LogP contribution in [0.4, 0.5) is 4.79 Å². The molecule has 0 aromatic heterocycles. The molecule has 7 nitrogen and oxygen atoms in total. The lowest BCUT2D eigenvalue weighted by Gasteiger charge is -2.18. The van der Waals surface area contributed by atoms with E-state index >= 15 is 0 Å². The Labute approximate surface area is 154 Å². The summed E-state index contributed by atoms with van der Waals surface area (Å²) in [6, 6.07) is 6.41. The Morgan fingerprint density at radius 3 is 2.32 bits per heavy atom. The first-order valence-electron chi connectivity index (χ1n) is 8.07. The van der Waals surface area contributed by atoms with Gasteiger partial charge in [-0.1, -0.05) is 41.4 Å². The van der Waals surface area contributed by atoms with Gasteiger partial charge in [-0.25, -0.2) is 9.69 Å². The van der Waals surface area contributed by atoms with E-state index in [2.05, 4.69) is 21.2 Å². The van der Waals surface area contributed by atoms with Crippen LogP contribution in [0.25, 0.3) is 0 Å². The Morgan fingerprint density at radius 1 is 1.12 bits per heavy atom. The van der Waals surface area contributed by atoms with Crippen molar-refractivity contribution < 1.29 is 19.2 Å². The molecule has 5 amide bonds. The molecule has 1 atom stereocenters. The highest BCUT2D eigenvalue weighted by molar-refractivity contribution is 9.10. The third-order valence-corrected chi connectivity index (χ3v) is 4.45. The number of halogens is 1. The van der Waals surface area contributed by atoms with Crippen LogP contribution in [0.3, 0.4) is 0 Å². The van der Waals surface area contributed by atoms with Gasteiger partial charge in [-0.2, -0.15) is 0 Å². The smallest absolute Gasteiger partial charge is 0.334 e. The molecule has 134 valence electrons. The van der Waals surface area contributed by atoms with E-state index in [0.29, 0.717) is 11.3 Å². The van der Waals surface area contributed by atoms with Gasteiger partial charge in [0.05, 0.1) is 6.04 Å². The minimum atomic E-state index is -0.951. The number of imide groups is 2. The summed E-state index contributed by atoms with van der Waals surface area (Å²) in [5, 5.41) is 2.73. The van der Waals surface area contributed by atoms with Crippen molar-refractivity contribution in [1.29, 1.82) is 0 Å². The molecule has 1 heterocycles. The van der Waals surface area contributed by atoms with Crippen LogP contribution < -0.4 is 5.32 Å². The first-order valence-corrected chi connectivity index (χ1v) is 8.86. The Morgan fingerprint density at radius 2 is 1.72 bits per heavy atom. The lowest BCUT2D eigenvalue weighted by molar-refractivity contribution is -0.144. The van der Waals surface area contributed by atoms with Crippen LogP contribution in [0.2, 0.25) is 0 Å². The van der Waals surface area contributed by atoms with Gasteiger partial charge in [0.25, 0.3) is 0 Å². The van der Waals surface area contributed by atoms with Crippen LogP contribution in [0, 0.1) is 0 Å². The average Bonchev–Trinajstić information content (AvgIpc) is 2.77. The van der Waals surface area contributed by atoms with Crippen molar-refractivity contribution in [1.82, 2.24) is 15.1 Å². The molecule has 0 radical (unpaired) electrons. The Balaban J connectivity index is 1.97. The number of carbonyl (C=O) groups is 4. The number of unbranched alkanes of at least 4 members (excludes halogenated alkanes) is 1. The number of rotatable bonds is 7. The minimum absolute atomic E-state index is 0.188. The summed E-state index contributed by atoms with van der Waals surface area (Å²) in [5.41, 5.74) is 0.885. The fraction of sp³-hybridized carbons (Fsp3) is 0.412. The molecule has 1 aromatic carbocycles. The lowest BCUT2D eigenvalue weighted by atomic mass is 10.1. The molecule has 1 aliphatic rings. The zero-order valence-corrected chi connectivity index (χ0v) is 15.7. The van der Waals surface area contributed by atoms with Crippen LogP contribution in [0.5, 0.6) is 0 Å². The Bertz CT molecular complexity index is 690. The van der Waals surface area contributed by atoms with Gasteiger partial charge < -0.3 is 5.32 Å². The van der Waals surface area contributed by atoms with E-state index in [9.17, 15) is 19.2 Å². The maximum atomic E-state index is 12.2. The summed E-state index contributed by atoms with van der Waals surface area (Å²) in [5.74, 6) is -2.32. The number of hydrogen-bond acceptors (Lipinski definition) is 4. The molecule has 1 aromatic rings. The van der Waals surface area contributed by atoms with E-state index in [1.165, 1.54) is 0 Å². The Kier molecular flexibility index (Phi) is 6.30. The second-order valence-corrected chi connectivity index (χ2v) is 6.74. The molecule has 1 aliphatic heterocycles. The summed E-state index contributed by atoms with van der Waals surface area (Å²) >= 11 is 3.34. The molecule has 0 saturated carbocycles. The summed E-state index contributed by atoms with van der Waals surface area (Å²) < 4.78 is 0.925. The van der Waals surface area contributed by atoms with E-state index in [0.717, 1.165) is 21.4 Å². The zero-order valence-electron chi connectivity index (χ0n) is 14.1. The normalized spacial score (nSPS) is 15.7. The number of nitrogens with zero attached hydrogens (tertiary/aromatic N) is 2. The quantitative estimate of drug-likeness (QED) is 0.552. The number of urea groups is 1. The van der Waals surface area contributed by atoms with Gasteiger partial charge in [0, 0.05) is 11.0 Å². The number of carbonyl (C=O) groups excluding carboxylic acids is 4. The van der Waals surface area contributed by atoms with Gasteiger partial charge in [-0.05, 0) is 31.0 Å². The van der Waals surface area contributed by atoms with Crippen LogP contribution in [0.15, 0.2) is 28.7 Å². The third-order valence-electron chi connectivity index (χ3n) is 3.92. The van der Waals surface area contributed by atoms with Gasteiger partial charge in [-0.15, -0.1) is 0 Å². The fourth-order valence-electron chi connectivity index (χ4n) is 2.47. The van der Waals surface area contributed by atoms with Crippen LogP contribution >= 0.6 is 15.9 Å². The maximum Gasteiger partial charge on any atom is 0.334 e. The van der Waals surface area contributed by atoms with E-state index in [4.69, 9.17) is 0 Å². The van der Waals surface area contributed by atoms with E-state index < -0.39 is 30.3 Å². The summed E-state index contributed by atoms with van der Waals surface area (Å²) in [4.78, 5) is 49.8. The molecule has 0 spiro atoms. The van der Waals surface area contributed by atoms with E-state index in [1.807, 2.05) is 31.2 Å². The van der Waals surface area contributed by atoms with Crippen molar-refractivity contribution >= 4 is 39.7 Å². The molecular weight excluding hydrogens is 390 g/mol. The number of nitrogens with one attached hydrogen (secondary N) is 1. The predicted octanol–water partition coefficient (Wildman–Crippen LogP) is 2.22. The van der Waals surface area contributed by atoms with Gasteiger partial charge in [0.2, 0.25) is 5.91 Å². The molecule has 0 unspecified atom stereocenters. The highest BCUT2D eigenvalue weighted by atomic mass is 79.9. The zero-order chi connectivity index (χ0) is 18.6. The highest BCUT2D eigenvalue weighted by Crippen LogP contribution is 2.17. The van der Waals surface area contributed by atoms with Gasteiger partial charge >= 0.3 is 17.8 Å². The van der Waals surface area contributed by atoms with E-state index in [1.54, 1.807) is 6.92 Å². The SMILES string of the molecule is CCCCN1C(=O)C(=O)N(CC(=O)N[C@H](C)c2ccc(Br)cc2)C1=O. The standard InChI is InChI=1S/C17H20BrN3O4/c1-3-4-9-20-15(23)16(24)21(17(20)25)10-14(22)19-11(2)12-5-7-13(18)8-6-12/h5-8,11H,3-4,9-10H2,1-2H3,(H,19,22)/t11-/m1/s1. The lowest BCUT2D eigenvalue weighted by Crippen LogP contribution is -2.42. The van der Waals surface area contributed by atoms with E-state index in [-0.39, 0.29) is 12.6 Å². The monoisotopic (exact) mass is 409 g/mol. The minimum Gasteiger partial charge on any atom is -0.348 e. The van der Waals surface area contributed by atoms with Gasteiger partial charge in [0.1, 0.15) is 6.54 Å². The summed E-state index contributed by atoms with van der Waals surface area (Å²) in [7, 11) is 0. The second-order valence-electron chi connectivity index (χ2n) is 5.82. The van der Waals surface area contributed by atoms with Crippen molar-refractivity contribution in [2.24, 2.45) is 0 Å².